The summed E-state index contributed by atoms with van der Waals surface area (Å²) in [7, 11) is 0. The summed E-state index contributed by atoms with van der Waals surface area (Å²) in [5.41, 5.74) is 5.43. The first-order valence-electron chi connectivity index (χ1n) is 15.0. The molecule has 214 valence electrons. The van der Waals surface area contributed by atoms with E-state index in [0.29, 0.717) is 0 Å². The molecule has 0 aliphatic carbocycles. The zero-order chi connectivity index (χ0) is 29.4. The van der Waals surface area contributed by atoms with Crippen LogP contribution in [0.3, 0.4) is 0 Å². The van der Waals surface area contributed by atoms with E-state index >= 15 is 0 Å². The van der Waals surface area contributed by atoms with Gasteiger partial charge < -0.3 is 4.74 Å². The van der Waals surface area contributed by atoms with Crippen LogP contribution in [0.1, 0.15) is 145 Å². The van der Waals surface area contributed by atoms with E-state index in [4.69, 9.17) is 4.74 Å². The van der Waals surface area contributed by atoms with E-state index in [1.807, 2.05) is 0 Å². The molecule has 0 aliphatic rings. The van der Waals surface area contributed by atoms with Gasteiger partial charge >= 0.3 is 69.5 Å². The topological polar surface area (TPSA) is 9.23 Å². The average Bonchev–Trinajstić information content (AvgIpc) is 2.77. The van der Waals surface area contributed by atoms with Crippen molar-refractivity contribution in [3.8, 4) is 11.5 Å². The molecule has 0 spiro atoms. The predicted octanol–water partition coefficient (Wildman–Crippen LogP) is 11.8. The molecule has 0 aromatic heterocycles. The van der Waals surface area contributed by atoms with Crippen molar-refractivity contribution in [2.24, 2.45) is 0 Å². The van der Waals surface area contributed by atoms with Gasteiger partial charge in [-0.3, -0.25) is 0 Å². The Bertz CT molecular complexity index is 895. The molecular weight excluding hydrogens is 567 g/mol. The molecule has 2 radical (unpaired) electrons. The Labute approximate surface area is 248 Å². The molecule has 0 unspecified atom stereocenters. The number of hydrogen-bond acceptors (Lipinski definition) is 1. The summed E-state index contributed by atoms with van der Waals surface area (Å²) >= 11 is 0.149. The van der Waals surface area contributed by atoms with Crippen molar-refractivity contribution in [2.45, 2.75) is 153 Å². The predicted molar refractivity (Wildman–Crippen MR) is 173 cm³/mol. The fourth-order valence-corrected chi connectivity index (χ4v) is 8.35. The first-order chi connectivity index (χ1) is 17.3. The van der Waals surface area contributed by atoms with Crippen LogP contribution in [0.5, 0.6) is 11.5 Å². The Hall–Kier alpha value is -0.961. The molecule has 2 heteroatoms. The third-order valence-electron chi connectivity index (χ3n) is 6.94. The van der Waals surface area contributed by atoms with Crippen LogP contribution in [0, 0.1) is 0 Å². The zero-order valence-electron chi connectivity index (χ0n) is 27.6. The molecule has 0 bridgehead atoms. The quantitative estimate of drug-likeness (QED) is 0.209. The van der Waals surface area contributed by atoms with E-state index < -0.39 is 0 Å². The zero-order valence-corrected chi connectivity index (χ0v) is 30.5. The number of benzene rings is 2. The monoisotopic (exact) mass is 628 g/mol. The molecule has 0 aliphatic heterocycles. The summed E-state index contributed by atoms with van der Waals surface area (Å²) < 4.78 is 9.88. The van der Waals surface area contributed by atoms with Crippen molar-refractivity contribution in [3.63, 3.8) is 0 Å². The summed E-state index contributed by atoms with van der Waals surface area (Å²) in [6.45, 7) is 31.7. The van der Waals surface area contributed by atoms with Gasteiger partial charge in [-0.2, -0.15) is 0 Å². The fraction of sp³-hybridized carbons (Fsp3) is 0.667. The van der Waals surface area contributed by atoms with Crippen LogP contribution in [-0.2, 0) is 21.7 Å². The molecule has 0 heterocycles. The molecule has 0 atom stereocenters. The van der Waals surface area contributed by atoms with Crippen LogP contribution in [-0.4, -0.2) is 21.1 Å². The van der Waals surface area contributed by atoms with Gasteiger partial charge in [-0.25, -0.2) is 0 Å². The van der Waals surface area contributed by atoms with Crippen LogP contribution in [0.2, 0.25) is 8.87 Å². The number of hydrogen-bond donors (Lipinski definition) is 0. The standard InChI is InChI=1S/C28H42O.2C4H9.Sn/c1-25(2,3)19-13-15-23(21(17-19)27(7,8)9)29-24-16-14-20(26(4,5)6)18-22(24)28(10,11)12;2*1-3-4-2;/h13-18H,1-12H3;2*1,3-4H2,2H3;. The van der Waals surface area contributed by atoms with E-state index in [9.17, 15) is 0 Å². The summed E-state index contributed by atoms with van der Waals surface area (Å²) in [4.78, 5) is 0. The van der Waals surface area contributed by atoms with Crippen molar-refractivity contribution >= 4 is 21.1 Å². The van der Waals surface area contributed by atoms with E-state index in [-0.39, 0.29) is 42.8 Å². The van der Waals surface area contributed by atoms with Gasteiger partial charge in [0, 0.05) is 11.1 Å². The Morgan fingerprint density at radius 3 is 1.13 bits per heavy atom. The van der Waals surface area contributed by atoms with Gasteiger partial charge in [-0.15, -0.1) is 0 Å². The maximum absolute atomic E-state index is 6.63. The summed E-state index contributed by atoms with van der Waals surface area (Å²) in [6, 6.07) is 13.4. The number of ether oxygens (including phenoxy) is 1. The van der Waals surface area contributed by atoms with Crippen LogP contribution >= 0.6 is 0 Å². The van der Waals surface area contributed by atoms with Gasteiger partial charge in [0.25, 0.3) is 0 Å². The Morgan fingerprint density at radius 2 is 0.868 bits per heavy atom. The van der Waals surface area contributed by atoms with Gasteiger partial charge in [0.05, 0.1) is 0 Å². The van der Waals surface area contributed by atoms with Crippen LogP contribution in [0.15, 0.2) is 36.4 Å². The maximum atomic E-state index is 6.63. The third kappa shape index (κ3) is 11.6. The van der Waals surface area contributed by atoms with Crippen molar-refractivity contribution in [3.05, 3.63) is 58.7 Å². The Morgan fingerprint density at radius 1 is 0.526 bits per heavy atom. The second-order valence-electron chi connectivity index (χ2n) is 15.0. The minimum atomic E-state index is 0.00381. The minimum absolute atomic E-state index is 0.00381. The van der Waals surface area contributed by atoms with Crippen molar-refractivity contribution in [1.82, 2.24) is 0 Å². The second kappa shape index (κ2) is 14.6. The average molecular weight is 628 g/mol. The molecular formula is C36H60OSn. The molecule has 0 amide bonds. The first-order valence-corrected chi connectivity index (χ1v) is 19.0. The Balaban J connectivity index is 0.000000686. The Kier molecular flexibility index (Phi) is 13.5. The van der Waals surface area contributed by atoms with Crippen LogP contribution in [0.4, 0.5) is 0 Å². The van der Waals surface area contributed by atoms with Crippen molar-refractivity contribution < 1.29 is 4.74 Å². The molecule has 0 saturated carbocycles. The van der Waals surface area contributed by atoms with E-state index in [2.05, 4.69) is 133 Å². The normalized spacial score (nSPS) is 12.7. The van der Waals surface area contributed by atoms with Gasteiger partial charge in [0.2, 0.25) is 0 Å². The SMILES string of the molecule is CC(C)(C)c1ccc(Oc2ccc(C(C)(C)C)cc2C(C)(C)C)c(C(C)(C)C)c1.CCC[CH2][Sn][CH2]CCC. The molecule has 1 nitrogen and oxygen atoms in total. The van der Waals surface area contributed by atoms with E-state index in [1.54, 1.807) is 8.87 Å². The molecule has 0 N–H and O–H groups in total. The molecule has 2 rings (SSSR count). The van der Waals surface area contributed by atoms with Crippen molar-refractivity contribution in [2.75, 3.05) is 0 Å². The van der Waals surface area contributed by atoms with Gasteiger partial charge in [0.1, 0.15) is 11.5 Å². The molecule has 2 aromatic carbocycles. The van der Waals surface area contributed by atoms with Crippen LogP contribution < -0.4 is 4.74 Å². The van der Waals surface area contributed by atoms with Crippen LogP contribution in [0.25, 0.3) is 0 Å². The number of rotatable bonds is 8. The summed E-state index contributed by atoms with van der Waals surface area (Å²) in [6.07, 6.45) is 5.84. The molecule has 0 fully saturated rings. The first kappa shape index (κ1) is 35.1. The van der Waals surface area contributed by atoms with Gasteiger partial charge in [-0.05, 0) is 44.9 Å². The third-order valence-corrected chi connectivity index (χ3v) is 11.0. The fourth-order valence-electron chi connectivity index (χ4n) is 4.19. The molecule has 2 aromatic rings. The summed E-state index contributed by atoms with van der Waals surface area (Å²) in [5, 5.41) is 0. The number of unbranched alkanes of at least 4 members (excludes halogenated alkanes) is 2. The van der Waals surface area contributed by atoms with Gasteiger partial charge in [-0.1, -0.05) is 107 Å². The van der Waals surface area contributed by atoms with E-state index in [0.717, 1.165) is 11.5 Å². The van der Waals surface area contributed by atoms with Crippen molar-refractivity contribution in [1.29, 1.82) is 0 Å². The summed E-state index contributed by atoms with van der Waals surface area (Å²) in [5.74, 6) is 1.92. The molecule has 0 saturated heterocycles. The van der Waals surface area contributed by atoms with E-state index in [1.165, 1.54) is 47.9 Å². The second-order valence-corrected chi connectivity index (χ2v) is 19.3. The molecule has 38 heavy (non-hydrogen) atoms. The van der Waals surface area contributed by atoms with Gasteiger partial charge in [0.15, 0.2) is 0 Å².